The fourth-order valence-corrected chi connectivity index (χ4v) is 1.76. The van der Waals surface area contributed by atoms with Crippen molar-refractivity contribution in [1.82, 2.24) is 9.97 Å². The van der Waals surface area contributed by atoms with E-state index >= 15 is 0 Å². The minimum absolute atomic E-state index is 0.294. The Labute approximate surface area is 95.1 Å². The number of halogens is 2. The highest BCUT2D eigenvalue weighted by atomic mass is 79.9. The zero-order valence-electron chi connectivity index (χ0n) is 8.33. The number of aromatic nitrogens is 2. The van der Waals surface area contributed by atoms with Crippen molar-refractivity contribution in [3.05, 3.63) is 28.7 Å². The molecule has 0 fully saturated rings. The van der Waals surface area contributed by atoms with Crippen LogP contribution in [0.5, 0.6) is 0 Å². The first-order valence-corrected chi connectivity index (χ1v) is 5.17. The second-order valence-electron chi connectivity index (χ2n) is 3.37. The molecule has 0 aliphatic heterocycles. The van der Waals surface area contributed by atoms with E-state index in [0.29, 0.717) is 10.3 Å². The van der Waals surface area contributed by atoms with Gasteiger partial charge >= 0.3 is 0 Å². The number of hydrogen-bond acceptors (Lipinski definition) is 3. The molecule has 0 aliphatic rings. The van der Waals surface area contributed by atoms with Crippen molar-refractivity contribution < 1.29 is 4.39 Å². The Kier molecular flexibility index (Phi) is 2.56. The highest BCUT2D eigenvalue weighted by Crippen LogP contribution is 2.24. The topological polar surface area (TPSA) is 29.0 Å². The van der Waals surface area contributed by atoms with E-state index < -0.39 is 0 Å². The first-order valence-electron chi connectivity index (χ1n) is 4.38. The Morgan fingerprint density at radius 3 is 2.67 bits per heavy atom. The average Bonchev–Trinajstić information content (AvgIpc) is 2.15. The monoisotopic (exact) mass is 269 g/mol. The summed E-state index contributed by atoms with van der Waals surface area (Å²) in [7, 11) is 3.77. The van der Waals surface area contributed by atoms with Crippen LogP contribution in [0.2, 0.25) is 0 Å². The summed E-state index contributed by atoms with van der Waals surface area (Å²) in [5, 5.41) is 0.838. The summed E-state index contributed by atoms with van der Waals surface area (Å²) in [4.78, 5) is 10.2. The van der Waals surface area contributed by atoms with Gasteiger partial charge in [-0.15, -0.1) is 0 Å². The highest BCUT2D eigenvalue weighted by Gasteiger charge is 2.08. The first kappa shape index (κ1) is 10.3. The van der Waals surface area contributed by atoms with E-state index in [0.717, 1.165) is 11.2 Å². The van der Waals surface area contributed by atoms with Crippen molar-refractivity contribution in [3.63, 3.8) is 0 Å². The SMILES string of the molecule is CN(C)c1nc(Br)nc2cc(F)ccc12. The Hall–Kier alpha value is -1.23. The summed E-state index contributed by atoms with van der Waals surface area (Å²) < 4.78 is 13.5. The normalized spacial score (nSPS) is 10.7. The van der Waals surface area contributed by atoms with Crippen LogP contribution in [0.15, 0.2) is 22.9 Å². The number of rotatable bonds is 1. The van der Waals surface area contributed by atoms with Crippen LogP contribution in [0.25, 0.3) is 10.9 Å². The average molecular weight is 270 g/mol. The van der Waals surface area contributed by atoms with Gasteiger partial charge in [0, 0.05) is 25.5 Å². The van der Waals surface area contributed by atoms with Gasteiger partial charge in [0.05, 0.1) is 5.52 Å². The summed E-state index contributed by atoms with van der Waals surface area (Å²) in [5.74, 6) is 0.477. The predicted octanol–water partition coefficient (Wildman–Crippen LogP) is 2.60. The molecule has 2 rings (SSSR count). The van der Waals surface area contributed by atoms with Gasteiger partial charge in [-0.1, -0.05) is 0 Å². The zero-order valence-corrected chi connectivity index (χ0v) is 9.92. The van der Waals surface area contributed by atoms with E-state index in [-0.39, 0.29) is 5.82 Å². The molecule has 15 heavy (non-hydrogen) atoms. The molecule has 0 saturated carbocycles. The van der Waals surface area contributed by atoms with Crippen LogP contribution >= 0.6 is 15.9 Å². The third-order valence-electron chi connectivity index (χ3n) is 2.04. The van der Waals surface area contributed by atoms with E-state index in [1.807, 2.05) is 19.0 Å². The molecule has 0 unspecified atom stereocenters. The molecule has 0 aliphatic carbocycles. The van der Waals surface area contributed by atoms with E-state index in [1.165, 1.54) is 12.1 Å². The van der Waals surface area contributed by atoms with Crippen molar-refractivity contribution >= 4 is 32.7 Å². The molecule has 1 heterocycles. The molecule has 0 radical (unpaired) electrons. The van der Waals surface area contributed by atoms with Crippen LogP contribution in [-0.2, 0) is 0 Å². The van der Waals surface area contributed by atoms with Gasteiger partial charge in [0.25, 0.3) is 0 Å². The lowest BCUT2D eigenvalue weighted by Gasteiger charge is -2.13. The van der Waals surface area contributed by atoms with Gasteiger partial charge in [-0.05, 0) is 28.1 Å². The van der Waals surface area contributed by atoms with E-state index in [4.69, 9.17) is 0 Å². The van der Waals surface area contributed by atoms with Gasteiger partial charge in [0.2, 0.25) is 0 Å². The van der Waals surface area contributed by atoms with Crippen LogP contribution in [0.1, 0.15) is 0 Å². The molecule has 0 amide bonds. The van der Waals surface area contributed by atoms with Crippen LogP contribution in [0, 0.1) is 5.82 Å². The van der Waals surface area contributed by atoms with Crippen LogP contribution in [0.3, 0.4) is 0 Å². The molecular formula is C10H9BrFN3. The maximum Gasteiger partial charge on any atom is 0.199 e. The summed E-state index contributed by atoms with van der Waals surface area (Å²) in [5.41, 5.74) is 0.598. The Bertz CT molecular complexity index is 508. The summed E-state index contributed by atoms with van der Waals surface area (Å²) >= 11 is 3.20. The number of fused-ring (bicyclic) bond motifs is 1. The van der Waals surface area contributed by atoms with E-state index in [9.17, 15) is 4.39 Å². The molecule has 0 spiro atoms. The summed E-state index contributed by atoms with van der Waals surface area (Å²) in [6.45, 7) is 0. The van der Waals surface area contributed by atoms with Gasteiger partial charge in [0.15, 0.2) is 4.73 Å². The van der Waals surface area contributed by atoms with E-state index in [1.54, 1.807) is 6.07 Å². The minimum Gasteiger partial charge on any atom is -0.362 e. The number of anilines is 1. The molecule has 0 saturated heterocycles. The fraction of sp³-hybridized carbons (Fsp3) is 0.200. The third-order valence-corrected chi connectivity index (χ3v) is 2.39. The highest BCUT2D eigenvalue weighted by molar-refractivity contribution is 9.10. The Morgan fingerprint density at radius 2 is 2.00 bits per heavy atom. The lowest BCUT2D eigenvalue weighted by molar-refractivity contribution is 0.629. The quantitative estimate of drug-likeness (QED) is 0.746. The summed E-state index contributed by atoms with van der Waals surface area (Å²) in [6, 6.07) is 4.49. The molecule has 0 N–H and O–H groups in total. The van der Waals surface area contributed by atoms with Gasteiger partial charge in [0.1, 0.15) is 11.6 Å². The molecule has 0 atom stereocenters. The summed E-state index contributed by atoms with van der Waals surface area (Å²) in [6.07, 6.45) is 0. The predicted molar refractivity (Wildman–Crippen MR) is 61.5 cm³/mol. The van der Waals surface area contributed by atoms with Gasteiger partial charge in [-0.3, -0.25) is 0 Å². The number of benzene rings is 1. The van der Waals surface area contributed by atoms with Gasteiger partial charge < -0.3 is 4.90 Å². The van der Waals surface area contributed by atoms with Crippen molar-refractivity contribution in [1.29, 1.82) is 0 Å². The minimum atomic E-state index is -0.294. The maximum absolute atomic E-state index is 13.0. The van der Waals surface area contributed by atoms with Crippen LogP contribution in [0.4, 0.5) is 10.2 Å². The third kappa shape index (κ3) is 1.92. The lowest BCUT2D eigenvalue weighted by atomic mass is 10.2. The smallest absolute Gasteiger partial charge is 0.199 e. The first-order chi connectivity index (χ1) is 7.08. The molecule has 2 aromatic rings. The Balaban J connectivity index is 2.80. The van der Waals surface area contributed by atoms with E-state index in [2.05, 4.69) is 25.9 Å². The largest absolute Gasteiger partial charge is 0.362 e. The van der Waals surface area contributed by atoms with Crippen LogP contribution < -0.4 is 4.90 Å². The number of nitrogens with zero attached hydrogens (tertiary/aromatic N) is 3. The van der Waals surface area contributed by atoms with Crippen LogP contribution in [-0.4, -0.2) is 24.1 Å². The van der Waals surface area contributed by atoms with Gasteiger partial charge in [-0.2, -0.15) is 0 Å². The van der Waals surface area contributed by atoms with Crippen molar-refractivity contribution in [3.8, 4) is 0 Å². The van der Waals surface area contributed by atoms with Crippen molar-refractivity contribution in [2.45, 2.75) is 0 Å². The standard InChI is InChI=1S/C10H9BrFN3/c1-15(2)9-7-4-3-6(12)5-8(7)13-10(11)14-9/h3-5H,1-2H3. The molecule has 78 valence electrons. The second-order valence-corrected chi connectivity index (χ2v) is 4.08. The Morgan fingerprint density at radius 1 is 1.27 bits per heavy atom. The molecular weight excluding hydrogens is 261 g/mol. The maximum atomic E-state index is 13.0. The fourth-order valence-electron chi connectivity index (χ4n) is 1.40. The van der Waals surface area contributed by atoms with Gasteiger partial charge in [-0.25, -0.2) is 14.4 Å². The second kappa shape index (κ2) is 3.73. The molecule has 3 nitrogen and oxygen atoms in total. The molecule has 0 bridgehead atoms. The molecule has 1 aromatic heterocycles. The lowest BCUT2D eigenvalue weighted by Crippen LogP contribution is -2.11. The van der Waals surface area contributed by atoms with Crippen molar-refractivity contribution in [2.24, 2.45) is 0 Å². The molecule has 1 aromatic carbocycles. The molecule has 5 heteroatoms. The zero-order chi connectivity index (χ0) is 11.0. The number of hydrogen-bond donors (Lipinski definition) is 0. The van der Waals surface area contributed by atoms with Crippen molar-refractivity contribution in [2.75, 3.05) is 19.0 Å².